The summed E-state index contributed by atoms with van der Waals surface area (Å²) in [6.07, 6.45) is 6.29. The summed E-state index contributed by atoms with van der Waals surface area (Å²) >= 11 is 5.81. The molecule has 2 aromatic rings. The summed E-state index contributed by atoms with van der Waals surface area (Å²) in [7, 11) is 0. The first-order chi connectivity index (χ1) is 6.77. The molecule has 0 bridgehead atoms. The Balaban J connectivity index is 2.57. The topological polar surface area (TPSA) is 64.7 Å². The third kappa shape index (κ3) is 1.65. The molecule has 0 aliphatic rings. The zero-order chi connectivity index (χ0) is 9.97. The first kappa shape index (κ1) is 8.90. The minimum absolute atomic E-state index is 0.421. The molecule has 0 radical (unpaired) electrons. The Bertz CT molecular complexity index is 444. The van der Waals surface area contributed by atoms with Gasteiger partial charge in [0.05, 0.1) is 5.02 Å². The van der Waals surface area contributed by atoms with Gasteiger partial charge in [0.15, 0.2) is 0 Å². The van der Waals surface area contributed by atoms with Crippen LogP contribution in [0.3, 0.4) is 0 Å². The van der Waals surface area contributed by atoms with Crippen LogP contribution >= 0.6 is 11.6 Å². The third-order valence-corrected chi connectivity index (χ3v) is 1.96. The number of rotatable bonds is 1. The predicted molar refractivity (Wildman–Crippen MR) is 54.7 cm³/mol. The summed E-state index contributed by atoms with van der Waals surface area (Å²) in [6, 6.07) is 1.74. The molecule has 2 N–H and O–H groups in total. The van der Waals surface area contributed by atoms with E-state index in [2.05, 4.69) is 15.0 Å². The van der Waals surface area contributed by atoms with Gasteiger partial charge in [-0.3, -0.25) is 0 Å². The summed E-state index contributed by atoms with van der Waals surface area (Å²) in [5, 5.41) is 0.540. The summed E-state index contributed by atoms with van der Waals surface area (Å²) < 4.78 is 0. The molecule has 0 atom stereocenters. The SMILES string of the molecule is Nc1ncc(Cl)cc1-c1cncnc1. The van der Waals surface area contributed by atoms with Gasteiger partial charge >= 0.3 is 0 Å². The molecule has 0 amide bonds. The summed E-state index contributed by atoms with van der Waals surface area (Å²) in [4.78, 5) is 11.7. The van der Waals surface area contributed by atoms with E-state index in [0.29, 0.717) is 10.8 Å². The van der Waals surface area contributed by atoms with Crippen LogP contribution in [-0.2, 0) is 0 Å². The maximum atomic E-state index is 5.81. The second kappa shape index (κ2) is 3.59. The van der Waals surface area contributed by atoms with Gasteiger partial charge in [-0.15, -0.1) is 0 Å². The zero-order valence-electron chi connectivity index (χ0n) is 7.18. The van der Waals surface area contributed by atoms with E-state index in [4.69, 9.17) is 17.3 Å². The number of aromatic nitrogens is 3. The van der Waals surface area contributed by atoms with E-state index < -0.39 is 0 Å². The third-order valence-electron chi connectivity index (χ3n) is 1.76. The maximum Gasteiger partial charge on any atom is 0.131 e. The Morgan fingerprint density at radius 1 is 1.14 bits per heavy atom. The fraction of sp³-hybridized carbons (Fsp3) is 0. The Kier molecular flexibility index (Phi) is 2.28. The van der Waals surface area contributed by atoms with Gasteiger partial charge in [0.2, 0.25) is 0 Å². The molecular weight excluding hydrogens is 200 g/mol. The second-order valence-corrected chi connectivity index (χ2v) is 3.15. The number of pyridine rings is 1. The largest absolute Gasteiger partial charge is 0.383 e. The molecule has 0 aliphatic heterocycles. The molecule has 0 spiro atoms. The van der Waals surface area contributed by atoms with Crippen molar-refractivity contribution in [3.8, 4) is 11.1 Å². The van der Waals surface area contributed by atoms with E-state index in [-0.39, 0.29) is 0 Å². The van der Waals surface area contributed by atoms with E-state index >= 15 is 0 Å². The molecule has 70 valence electrons. The molecule has 0 saturated carbocycles. The average Bonchev–Trinajstić information content (AvgIpc) is 2.23. The molecule has 2 rings (SSSR count). The lowest BCUT2D eigenvalue weighted by Gasteiger charge is -2.03. The fourth-order valence-corrected chi connectivity index (χ4v) is 1.28. The lowest BCUT2D eigenvalue weighted by Crippen LogP contribution is -1.94. The number of nitrogens with two attached hydrogens (primary N) is 1. The van der Waals surface area contributed by atoms with Crippen molar-refractivity contribution in [3.63, 3.8) is 0 Å². The van der Waals surface area contributed by atoms with Crippen LogP contribution in [0.4, 0.5) is 5.82 Å². The first-order valence-corrected chi connectivity index (χ1v) is 4.31. The standard InChI is InChI=1S/C9H7ClN4/c10-7-1-8(9(11)14-4-7)6-2-12-5-13-3-6/h1-5H,(H2,11,14). The Morgan fingerprint density at radius 2 is 1.86 bits per heavy atom. The van der Waals surface area contributed by atoms with Gasteiger partial charge in [0.25, 0.3) is 0 Å². The Morgan fingerprint density at radius 3 is 2.57 bits per heavy atom. The number of hydrogen-bond donors (Lipinski definition) is 1. The molecule has 14 heavy (non-hydrogen) atoms. The van der Waals surface area contributed by atoms with Crippen molar-refractivity contribution in [1.29, 1.82) is 0 Å². The van der Waals surface area contributed by atoms with Gasteiger partial charge < -0.3 is 5.73 Å². The number of anilines is 1. The normalized spacial score (nSPS) is 10.1. The van der Waals surface area contributed by atoms with E-state index in [1.807, 2.05) is 0 Å². The number of nitrogen functional groups attached to an aromatic ring is 1. The molecule has 2 heterocycles. The van der Waals surface area contributed by atoms with E-state index in [0.717, 1.165) is 11.1 Å². The quantitative estimate of drug-likeness (QED) is 0.773. The molecule has 0 aliphatic carbocycles. The monoisotopic (exact) mass is 206 g/mol. The van der Waals surface area contributed by atoms with Crippen LogP contribution in [0.1, 0.15) is 0 Å². The van der Waals surface area contributed by atoms with Crippen LogP contribution in [0, 0.1) is 0 Å². The predicted octanol–water partition coefficient (Wildman–Crippen LogP) is 1.77. The van der Waals surface area contributed by atoms with Crippen molar-refractivity contribution in [2.75, 3.05) is 5.73 Å². The van der Waals surface area contributed by atoms with Crippen LogP contribution in [-0.4, -0.2) is 15.0 Å². The van der Waals surface area contributed by atoms with Crippen LogP contribution in [0.5, 0.6) is 0 Å². The van der Waals surface area contributed by atoms with Gasteiger partial charge in [0, 0.05) is 29.7 Å². The van der Waals surface area contributed by atoms with Gasteiger partial charge in [-0.1, -0.05) is 11.6 Å². The lowest BCUT2D eigenvalue weighted by atomic mass is 10.1. The second-order valence-electron chi connectivity index (χ2n) is 2.71. The molecule has 4 nitrogen and oxygen atoms in total. The highest BCUT2D eigenvalue weighted by atomic mass is 35.5. The van der Waals surface area contributed by atoms with E-state index in [9.17, 15) is 0 Å². The smallest absolute Gasteiger partial charge is 0.131 e. The number of halogens is 1. The maximum absolute atomic E-state index is 5.81. The minimum atomic E-state index is 0.421. The van der Waals surface area contributed by atoms with Crippen molar-refractivity contribution in [2.45, 2.75) is 0 Å². The minimum Gasteiger partial charge on any atom is -0.383 e. The summed E-state index contributed by atoms with van der Waals surface area (Å²) in [6.45, 7) is 0. The Labute approximate surface area is 85.8 Å². The van der Waals surface area contributed by atoms with Crippen LogP contribution in [0.25, 0.3) is 11.1 Å². The fourth-order valence-electron chi connectivity index (χ4n) is 1.12. The zero-order valence-corrected chi connectivity index (χ0v) is 7.94. The summed E-state index contributed by atoms with van der Waals surface area (Å²) in [5.41, 5.74) is 7.25. The van der Waals surface area contributed by atoms with Crippen molar-refractivity contribution in [2.24, 2.45) is 0 Å². The number of hydrogen-bond acceptors (Lipinski definition) is 4. The molecule has 0 saturated heterocycles. The van der Waals surface area contributed by atoms with Crippen molar-refractivity contribution in [1.82, 2.24) is 15.0 Å². The van der Waals surface area contributed by atoms with Crippen LogP contribution in [0.2, 0.25) is 5.02 Å². The average molecular weight is 207 g/mol. The highest BCUT2D eigenvalue weighted by Crippen LogP contribution is 2.25. The highest BCUT2D eigenvalue weighted by molar-refractivity contribution is 6.30. The van der Waals surface area contributed by atoms with Gasteiger partial charge in [-0.25, -0.2) is 15.0 Å². The van der Waals surface area contributed by atoms with Crippen LogP contribution < -0.4 is 5.73 Å². The van der Waals surface area contributed by atoms with Gasteiger partial charge in [0.1, 0.15) is 12.1 Å². The van der Waals surface area contributed by atoms with Crippen molar-refractivity contribution >= 4 is 17.4 Å². The van der Waals surface area contributed by atoms with E-state index in [1.54, 1.807) is 18.5 Å². The Hall–Kier alpha value is -1.68. The van der Waals surface area contributed by atoms with Gasteiger partial charge in [-0.05, 0) is 6.07 Å². The molecule has 0 unspecified atom stereocenters. The molecule has 0 aromatic carbocycles. The first-order valence-electron chi connectivity index (χ1n) is 3.94. The molecular formula is C9H7ClN4. The highest BCUT2D eigenvalue weighted by Gasteiger charge is 2.04. The number of nitrogens with zero attached hydrogens (tertiary/aromatic N) is 3. The molecule has 0 fully saturated rings. The molecule has 2 aromatic heterocycles. The van der Waals surface area contributed by atoms with Crippen LogP contribution in [0.15, 0.2) is 31.0 Å². The summed E-state index contributed by atoms with van der Waals surface area (Å²) in [5.74, 6) is 0.421. The van der Waals surface area contributed by atoms with Crippen molar-refractivity contribution < 1.29 is 0 Å². The van der Waals surface area contributed by atoms with Crippen molar-refractivity contribution in [3.05, 3.63) is 36.0 Å². The molecule has 5 heteroatoms. The van der Waals surface area contributed by atoms with Gasteiger partial charge in [-0.2, -0.15) is 0 Å². The van der Waals surface area contributed by atoms with E-state index in [1.165, 1.54) is 12.5 Å². The lowest BCUT2D eigenvalue weighted by molar-refractivity contribution is 1.17.